The van der Waals surface area contributed by atoms with Crippen LogP contribution in [0.15, 0.2) is 48.5 Å². The first-order valence-electron chi connectivity index (χ1n) is 9.82. The fraction of sp³-hybridized carbons (Fsp3) is 0.391. The summed E-state index contributed by atoms with van der Waals surface area (Å²) in [6.45, 7) is 5.57. The Morgan fingerprint density at radius 2 is 1.71 bits per heavy atom. The fourth-order valence-electron chi connectivity index (χ4n) is 3.45. The van der Waals surface area contributed by atoms with Crippen LogP contribution in [-0.4, -0.2) is 43.0 Å². The number of ether oxygens (including phenoxy) is 1. The highest BCUT2D eigenvalue weighted by molar-refractivity contribution is 5.95. The monoisotopic (exact) mass is 380 g/mol. The van der Waals surface area contributed by atoms with Crippen molar-refractivity contribution in [3.8, 4) is 5.75 Å². The highest BCUT2D eigenvalue weighted by Crippen LogP contribution is 2.19. The molecule has 148 valence electrons. The molecule has 1 saturated heterocycles. The smallest absolute Gasteiger partial charge is 0.253 e. The van der Waals surface area contributed by atoms with E-state index in [9.17, 15) is 9.59 Å². The average molecular weight is 380 g/mol. The first kappa shape index (κ1) is 19.9. The van der Waals surface area contributed by atoms with Gasteiger partial charge in [-0.3, -0.25) is 9.59 Å². The molecule has 28 heavy (non-hydrogen) atoms. The second-order valence-electron chi connectivity index (χ2n) is 7.55. The van der Waals surface area contributed by atoms with Gasteiger partial charge in [0.25, 0.3) is 11.8 Å². The number of likely N-dealkylation sites (tertiary alicyclic amines) is 1. The van der Waals surface area contributed by atoms with E-state index in [0.717, 1.165) is 18.4 Å². The molecule has 5 heteroatoms. The van der Waals surface area contributed by atoms with Gasteiger partial charge in [0.05, 0.1) is 7.11 Å². The third-order valence-corrected chi connectivity index (χ3v) is 5.27. The number of benzene rings is 2. The Balaban J connectivity index is 1.53. The van der Waals surface area contributed by atoms with Crippen molar-refractivity contribution in [1.29, 1.82) is 0 Å². The van der Waals surface area contributed by atoms with E-state index in [4.69, 9.17) is 4.74 Å². The summed E-state index contributed by atoms with van der Waals surface area (Å²) in [7, 11) is 1.58. The fourth-order valence-corrected chi connectivity index (χ4v) is 3.45. The topological polar surface area (TPSA) is 58.6 Å². The maximum Gasteiger partial charge on any atom is 0.253 e. The molecule has 0 aliphatic carbocycles. The van der Waals surface area contributed by atoms with Crippen molar-refractivity contribution in [2.24, 2.45) is 0 Å². The quantitative estimate of drug-likeness (QED) is 0.857. The Labute approximate surface area is 166 Å². The zero-order chi connectivity index (χ0) is 20.1. The predicted octanol–water partition coefficient (Wildman–Crippen LogP) is 3.85. The van der Waals surface area contributed by atoms with Crippen LogP contribution in [0.5, 0.6) is 5.75 Å². The number of nitrogens with one attached hydrogen (secondary N) is 1. The molecule has 0 unspecified atom stereocenters. The molecule has 2 aromatic rings. The van der Waals surface area contributed by atoms with Crippen LogP contribution in [0.3, 0.4) is 0 Å². The van der Waals surface area contributed by atoms with Gasteiger partial charge in [-0.1, -0.05) is 32.0 Å². The second kappa shape index (κ2) is 8.91. The van der Waals surface area contributed by atoms with Crippen molar-refractivity contribution in [2.45, 2.75) is 38.6 Å². The molecule has 3 rings (SSSR count). The standard InChI is InChI=1S/C23H28N2O3/c1-16(2)17-7-9-18(10-8-17)23(27)25-13-11-20(12-14-25)24-22(26)19-5-4-6-21(15-19)28-3/h4-10,15-16,20H,11-14H2,1-3H3,(H,24,26). The van der Waals surface area contributed by atoms with Crippen molar-refractivity contribution >= 4 is 11.8 Å². The summed E-state index contributed by atoms with van der Waals surface area (Å²) in [6, 6.07) is 15.1. The van der Waals surface area contributed by atoms with Crippen molar-refractivity contribution < 1.29 is 14.3 Å². The molecule has 0 radical (unpaired) electrons. The lowest BCUT2D eigenvalue weighted by Crippen LogP contribution is -2.46. The normalized spacial score (nSPS) is 14.8. The van der Waals surface area contributed by atoms with Gasteiger partial charge in [0, 0.05) is 30.3 Å². The number of amides is 2. The van der Waals surface area contributed by atoms with Crippen LogP contribution in [-0.2, 0) is 0 Å². The minimum absolute atomic E-state index is 0.0629. The van der Waals surface area contributed by atoms with Crippen LogP contribution in [0.4, 0.5) is 0 Å². The third-order valence-electron chi connectivity index (χ3n) is 5.27. The highest BCUT2D eigenvalue weighted by atomic mass is 16.5. The number of carbonyl (C=O) groups is 2. The Kier molecular flexibility index (Phi) is 6.34. The molecule has 0 bridgehead atoms. The minimum Gasteiger partial charge on any atom is -0.497 e. The number of carbonyl (C=O) groups excluding carboxylic acids is 2. The third kappa shape index (κ3) is 4.71. The highest BCUT2D eigenvalue weighted by Gasteiger charge is 2.25. The Bertz CT molecular complexity index is 822. The molecule has 0 saturated carbocycles. The Morgan fingerprint density at radius 3 is 2.32 bits per heavy atom. The number of hydrogen-bond acceptors (Lipinski definition) is 3. The van der Waals surface area contributed by atoms with E-state index in [1.807, 2.05) is 35.2 Å². The van der Waals surface area contributed by atoms with Crippen LogP contribution in [0.1, 0.15) is 58.9 Å². The van der Waals surface area contributed by atoms with Crippen LogP contribution in [0.25, 0.3) is 0 Å². The molecule has 5 nitrogen and oxygen atoms in total. The maximum absolute atomic E-state index is 12.7. The molecular weight excluding hydrogens is 352 g/mol. The molecule has 1 aliphatic heterocycles. The molecule has 0 aromatic heterocycles. The maximum atomic E-state index is 12.7. The lowest BCUT2D eigenvalue weighted by Gasteiger charge is -2.32. The van der Waals surface area contributed by atoms with Gasteiger partial charge in [0.15, 0.2) is 0 Å². The van der Waals surface area contributed by atoms with Gasteiger partial charge in [-0.15, -0.1) is 0 Å². The van der Waals surface area contributed by atoms with Gasteiger partial charge in [-0.2, -0.15) is 0 Å². The summed E-state index contributed by atoms with van der Waals surface area (Å²) in [5.41, 5.74) is 2.54. The number of methoxy groups -OCH3 is 1. The van der Waals surface area contributed by atoms with E-state index in [1.165, 1.54) is 5.56 Å². The van der Waals surface area contributed by atoms with Crippen LogP contribution in [0, 0.1) is 0 Å². The largest absolute Gasteiger partial charge is 0.497 e. The summed E-state index contributed by atoms with van der Waals surface area (Å²) in [5.74, 6) is 1.07. The van der Waals surface area contributed by atoms with Crippen molar-refractivity contribution in [2.75, 3.05) is 20.2 Å². The molecule has 2 amide bonds. The average Bonchev–Trinajstić information content (AvgIpc) is 2.74. The predicted molar refractivity (Wildman–Crippen MR) is 110 cm³/mol. The number of piperidine rings is 1. The molecule has 1 fully saturated rings. The molecule has 1 heterocycles. The van der Waals surface area contributed by atoms with Gasteiger partial charge in [-0.05, 0) is 54.7 Å². The minimum atomic E-state index is -0.104. The van der Waals surface area contributed by atoms with E-state index >= 15 is 0 Å². The first-order chi connectivity index (χ1) is 13.5. The van der Waals surface area contributed by atoms with Gasteiger partial charge in [-0.25, -0.2) is 0 Å². The molecule has 0 spiro atoms. The summed E-state index contributed by atoms with van der Waals surface area (Å²) in [5, 5.41) is 3.07. The number of hydrogen-bond donors (Lipinski definition) is 1. The Hall–Kier alpha value is -2.82. The van der Waals surface area contributed by atoms with Crippen molar-refractivity contribution in [3.63, 3.8) is 0 Å². The van der Waals surface area contributed by atoms with Crippen molar-refractivity contribution in [3.05, 3.63) is 65.2 Å². The van der Waals surface area contributed by atoms with E-state index in [1.54, 1.807) is 25.3 Å². The van der Waals surface area contributed by atoms with E-state index < -0.39 is 0 Å². The van der Waals surface area contributed by atoms with Gasteiger partial charge in [0.2, 0.25) is 0 Å². The van der Waals surface area contributed by atoms with Crippen LogP contribution < -0.4 is 10.1 Å². The zero-order valence-corrected chi connectivity index (χ0v) is 16.8. The van der Waals surface area contributed by atoms with E-state index in [-0.39, 0.29) is 17.9 Å². The SMILES string of the molecule is COc1cccc(C(=O)NC2CCN(C(=O)c3ccc(C(C)C)cc3)CC2)c1. The number of rotatable bonds is 5. The lowest BCUT2D eigenvalue weighted by molar-refractivity contribution is 0.0698. The van der Waals surface area contributed by atoms with E-state index in [2.05, 4.69) is 19.2 Å². The van der Waals surface area contributed by atoms with Gasteiger partial charge < -0.3 is 15.0 Å². The molecule has 1 aliphatic rings. The zero-order valence-electron chi connectivity index (χ0n) is 16.8. The number of nitrogens with zero attached hydrogens (tertiary/aromatic N) is 1. The molecule has 0 atom stereocenters. The van der Waals surface area contributed by atoms with Crippen molar-refractivity contribution in [1.82, 2.24) is 10.2 Å². The molecule has 1 N–H and O–H groups in total. The molecule has 2 aromatic carbocycles. The van der Waals surface area contributed by atoms with Crippen LogP contribution in [0.2, 0.25) is 0 Å². The Morgan fingerprint density at radius 1 is 1.04 bits per heavy atom. The molecular formula is C23H28N2O3. The summed E-state index contributed by atoms with van der Waals surface area (Å²) in [6.07, 6.45) is 1.51. The summed E-state index contributed by atoms with van der Waals surface area (Å²) < 4.78 is 5.17. The van der Waals surface area contributed by atoms with Gasteiger partial charge >= 0.3 is 0 Å². The second-order valence-corrected chi connectivity index (χ2v) is 7.55. The summed E-state index contributed by atoms with van der Waals surface area (Å²) >= 11 is 0. The van der Waals surface area contributed by atoms with Crippen LogP contribution >= 0.6 is 0 Å². The first-order valence-corrected chi connectivity index (χ1v) is 9.82. The lowest BCUT2D eigenvalue weighted by atomic mass is 10.00. The summed E-state index contributed by atoms with van der Waals surface area (Å²) in [4.78, 5) is 27.1. The van der Waals surface area contributed by atoms with Gasteiger partial charge in [0.1, 0.15) is 5.75 Å². The van der Waals surface area contributed by atoms with E-state index in [0.29, 0.717) is 30.3 Å².